The highest BCUT2D eigenvalue weighted by Gasteiger charge is 2.41. The SMILES string of the molecule is CC(C)(OC(=O)N[C@@H](CC=O)c1ccccc1)C1CC1. The molecule has 1 aromatic rings. The molecule has 1 aromatic carbocycles. The van der Waals surface area contributed by atoms with E-state index in [2.05, 4.69) is 5.32 Å². The molecule has 1 N–H and O–H groups in total. The first-order chi connectivity index (χ1) is 9.53. The molecule has 0 bridgehead atoms. The largest absolute Gasteiger partial charge is 0.443 e. The van der Waals surface area contributed by atoms with Gasteiger partial charge in [-0.2, -0.15) is 0 Å². The normalized spacial score (nSPS) is 16.3. The molecular weight excluding hydrogens is 254 g/mol. The average Bonchev–Trinajstić information content (AvgIpc) is 3.23. The number of nitrogens with one attached hydrogen (secondary N) is 1. The lowest BCUT2D eigenvalue weighted by molar-refractivity contribution is -0.108. The molecule has 0 radical (unpaired) electrons. The van der Waals surface area contributed by atoms with Crippen LogP contribution in [0.3, 0.4) is 0 Å². The quantitative estimate of drug-likeness (QED) is 0.811. The molecule has 0 heterocycles. The molecule has 20 heavy (non-hydrogen) atoms. The molecule has 1 fully saturated rings. The minimum Gasteiger partial charge on any atom is -0.443 e. The number of amides is 1. The Balaban J connectivity index is 1.97. The van der Waals surface area contributed by atoms with Gasteiger partial charge in [0, 0.05) is 6.42 Å². The van der Waals surface area contributed by atoms with Crippen molar-refractivity contribution in [1.29, 1.82) is 0 Å². The van der Waals surface area contributed by atoms with Crippen LogP contribution in [0.5, 0.6) is 0 Å². The zero-order valence-electron chi connectivity index (χ0n) is 12.0. The first-order valence-corrected chi connectivity index (χ1v) is 7.01. The van der Waals surface area contributed by atoms with Crippen molar-refractivity contribution < 1.29 is 14.3 Å². The van der Waals surface area contributed by atoms with E-state index in [1.165, 1.54) is 0 Å². The van der Waals surface area contributed by atoms with Crippen LogP contribution in [0.2, 0.25) is 0 Å². The van der Waals surface area contributed by atoms with Crippen LogP contribution >= 0.6 is 0 Å². The van der Waals surface area contributed by atoms with Gasteiger partial charge in [0.05, 0.1) is 6.04 Å². The average molecular weight is 275 g/mol. The summed E-state index contributed by atoms with van der Waals surface area (Å²) in [6.07, 6.45) is 2.80. The Morgan fingerprint density at radius 2 is 2.05 bits per heavy atom. The van der Waals surface area contributed by atoms with Crippen molar-refractivity contribution in [3.05, 3.63) is 35.9 Å². The first kappa shape index (κ1) is 14.6. The predicted octanol–water partition coefficient (Wildman–Crippen LogP) is 3.23. The van der Waals surface area contributed by atoms with E-state index < -0.39 is 11.7 Å². The third-order valence-electron chi connectivity index (χ3n) is 3.74. The van der Waals surface area contributed by atoms with Crippen LogP contribution in [-0.2, 0) is 9.53 Å². The second-order valence-electron chi connectivity index (χ2n) is 5.78. The standard InChI is InChI=1S/C16H21NO3/c1-16(2,13-8-9-13)20-15(19)17-14(10-11-18)12-6-4-3-5-7-12/h3-7,11,13-14H,8-10H2,1-2H3,(H,17,19)/t14-/m0/s1. The molecule has 4 heteroatoms. The Kier molecular flexibility index (Phi) is 4.42. The molecule has 0 aromatic heterocycles. The molecular formula is C16H21NO3. The smallest absolute Gasteiger partial charge is 0.408 e. The molecule has 4 nitrogen and oxygen atoms in total. The summed E-state index contributed by atoms with van der Waals surface area (Å²) < 4.78 is 5.49. The molecule has 2 rings (SSSR count). The van der Waals surface area contributed by atoms with E-state index in [1.54, 1.807) is 0 Å². The van der Waals surface area contributed by atoms with E-state index in [9.17, 15) is 9.59 Å². The van der Waals surface area contributed by atoms with E-state index in [0.717, 1.165) is 24.7 Å². The van der Waals surface area contributed by atoms with Gasteiger partial charge in [0.2, 0.25) is 0 Å². The second kappa shape index (κ2) is 6.07. The van der Waals surface area contributed by atoms with E-state index >= 15 is 0 Å². The molecule has 0 unspecified atom stereocenters. The van der Waals surface area contributed by atoms with Crippen LogP contribution < -0.4 is 5.32 Å². The topological polar surface area (TPSA) is 55.4 Å². The number of benzene rings is 1. The molecule has 1 saturated carbocycles. The predicted molar refractivity (Wildman–Crippen MR) is 76.3 cm³/mol. The van der Waals surface area contributed by atoms with Gasteiger partial charge in [0.1, 0.15) is 11.9 Å². The number of rotatable bonds is 6. The minimum atomic E-state index is -0.461. The monoisotopic (exact) mass is 275 g/mol. The molecule has 1 amide bonds. The molecule has 108 valence electrons. The van der Waals surface area contributed by atoms with E-state index in [1.807, 2.05) is 44.2 Å². The Labute approximate surface area is 119 Å². The van der Waals surface area contributed by atoms with Gasteiger partial charge in [-0.3, -0.25) is 0 Å². The highest BCUT2D eigenvalue weighted by molar-refractivity contribution is 5.69. The summed E-state index contributed by atoms with van der Waals surface area (Å²) in [6, 6.07) is 9.11. The Bertz CT molecular complexity index is 466. The maximum absolute atomic E-state index is 12.0. The highest BCUT2D eigenvalue weighted by Crippen LogP contribution is 2.41. The maximum atomic E-state index is 12.0. The Morgan fingerprint density at radius 3 is 2.60 bits per heavy atom. The summed E-state index contributed by atoms with van der Waals surface area (Å²) in [4.78, 5) is 22.8. The van der Waals surface area contributed by atoms with Crippen LogP contribution in [0.4, 0.5) is 4.79 Å². The number of carbonyl (C=O) groups is 2. The zero-order chi connectivity index (χ0) is 14.6. The third-order valence-corrected chi connectivity index (χ3v) is 3.74. The van der Waals surface area contributed by atoms with Crippen molar-refractivity contribution in [2.75, 3.05) is 0 Å². The Morgan fingerprint density at radius 1 is 1.40 bits per heavy atom. The van der Waals surface area contributed by atoms with E-state index in [0.29, 0.717) is 5.92 Å². The van der Waals surface area contributed by atoms with Gasteiger partial charge in [0.25, 0.3) is 0 Å². The number of carbonyl (C=O) groups excluding carboxylic acids is 2. The number of hydrogen-bond acceptors (Lipinski definition) is 3. The summed E-state index contributed by atoms with van der Waals surface area (Å²) in [6.45, 7) is 3.86. The van der Waals surface area contributed by atoms with Gasteiger partial charge in [-0.1, -0.05) is 30.3 Å². The van der Waals surface area contributed by atoms with Gasteiger partial charge in [0.15, 0.2) is 0 Å². The van der Waals surface area contributed by atoms with Crippen molar-refractivity contribution in [2.45, 2.75) is 44.8 Å². The Hall–Kier alpha value is -1.84. The van der Waals surface area contributed by atoms with Gasteiger partial charge in [-0.25, -0.2) is 4.79 Å². The summed E-state index contributed by atoms with van der Waals surface area (Å²) in [5.41, 5.74) is 0.466. The summed E-state index contributed by atoms with van der Waals surface area (Å²) in [5, 5.41) is 2.78. The lowest BCUT2D eigenvalue weighted by atomic mass is 10.0. The lowest BCUT2D eigenvalue weighted by Gasteiger charge is -2.26. The summed E-state index contributed by atoms with van der Waals surface area (Å²) >= 11 is 0. The molecule has 0 aliphatic heterocycles. The van der Waals surface area contributed by atoms with Crippen molar-refractivity contribution >= 4 is 12.4 Å². The van der Waals surface area contributed by atoms with E-state index in [4.69, 9.17) is 4.74 Å². The second-order valence-corrected chi connectivity index (χ2v) is 5.78. The third kappa shape index (κ3) is 3.83. The highest BCUT2D eigenvalue weighted by atomic mass is 16.6. The molecule has 1 aliphatic rings. The van der Waals surface area contributed by atoms with Crippen LogP contribution in [0.25, 0.3) is 0 Å². The fourth-order valence-corrected chi connectivity index (χ4v) is 2.33. The van der Waals surface area contributed by atoms with Crippen LogP contribution in [0.15, 0.2) is 30.3 Å². The first-order valence-electron chi connectivity index (χ1n) is 7.01. The van der Waals surface area contributed by atoms with Crippen molar-refractivity contribution in [3.8, 4) is 0 Å². The van der Waals surface area contributed by atoms with Crippen LogP contribution in [-0.4, -0.2) is 18.0 Å². The van der Waals surface area contributed by atoms with Gasteiger partial charge in [-0.05, 0) is 38.2 Å². The maximum Gasteiger partial charge on any atom is 0.408 e. The lowest BCUT2D eigenvalue weighted by Crippen LogP contribution is -2.38. The number of hydrogen-bond donors (Lipinski definition) is 1. The van der Waals surface area contributed by atoms with Crippen LogP contribution in [0.1, 0.15) is 44.7 Å². The van der Waals surface area contributed by atoms with Gasteiger partial charge in [-0.15, -0.1) is 0 Å². The number of ether oxygens (including phenoxy) is 1. The molecule has 0 saturated heterocycles. The summed E-state index contributed by atoms with van der Waals surface area (Å²) in [5.74, 6) is 0.453. The summed E-state index contributed by atoms with van der Waals surface area (Å²) in [7, 11) is 0. The van der Waals surface area contributed by atoms with Crippen molar-refractivity contribution in [1.82, 2.24) is 5.32 Å². The fraction of sp³-hybridized carbons (Fsp3) is 0.500. The van der Waals surface area contributed by atoms with Gasteiger partial charge >= 0.3 is 6.09 Å². The van der Waals surface area contributed by atoms with Crippen LogP contribution in [0, 0.1) is 5.92 Å². The molecule has 1 aliphatic carbocycles. The fourth-order valence-electron chi connectivity index (χ4n) is 2.33. The minimum absolute atomic E-state index is 0.239. The molecule has 0 spiro atoms. The van der Waals surface area contributed by atoms with Gasteiger partial charge < -0.3 is 14.8 Å². The van der Waals surface area contributed by atoms with E-state index in [-0.39, 0.29) is 12.5 Å². The van der Waals surface area contributed by atoms with Crippen molar-refractivity contribution in [3.63, 3.8) is 0 Å². The zero-order valence-corrected chi connectivity index (χ0v) is 12.0. The number of aldehydes is 1. The number of alkyl carbamates (subject to hydrolysis) is 1. The molecule has 1 atom stereocenters. The van der Waals surface area contributed by atoms with Crippen molar-refractivity contribution in [2.24, 2.45) is 5.92 Å².